The van der Waals surface area contributed by atoms with Crippen LogP contribution in [0.25, 0.3) is 0 Å². The van der Waals surface area contributed by atoms with Crippen LogP contribution in [0.1, 0.15) is 47.2 Å². The first-order chi connectivity index (χ1) is 16.6. The first-order valence-corrected chi connectivity index (χ1v) is 12.5. The highest BCUT2D eigenvalue weighted by molar-refractivity contribution is 6.05. The van der Waals surface area contributed by atoms with Crippen LogP contribution in [0.3, 0.4) is 0 Å². The van der Waals surface area contributed by atoms with Crippen molar-refractivity contribution in [2.24, 2.45) is 5.92 Å². The molecule has 0 bridgehead atoms. The lowest BCUT2D eigenvalue weighted by Crippen LogP contribution is -2.52. The van der Waals surface area contributed by atoms with Crippen molar-refractivity contribution in [1.29, 1.82) is 0 Å². The number of carbonyl (C=O) groups is 3. The highest BCUT2D eigenvalue weighted by atomic mass is 35.5. The molecule has 9 heteroatoms. The fourth-order valence-corrected chi connectivity index (χ4v) is 5.47. The van der Waals surface area contributed by atoms with Gasteiger partial charge < -0.3 is 15.1 Å². The third-order valence-corrected chi connectivity index (χ3v) is 7.50. The Bertz CT molecular complexity index is 1020. The maximum Gasteiger partial charge on any atom is 0.255 e. The number of hydrogen-bond donors (Lipinski definition) is 2. The molecule has 3 fully saturated rings. The molecule has 1 unspecified atom stereocenters. The van der Waals surface area contributed by atoms with Gasteiger partial charge in [-0.3, -0.25) is 24.6 Å². The summed E-state index contributed by atoms with van der Waals surface area (Å²) >= 11 is 0. The molecule has 0 aromatic heterocycles. The zero-order valence-electron chi connectivity index (χ0n) is 20.1. The number of piperidine rings is 2. The summed E-state index contributed by atoms with van der Waals surface area (Å²) in [7, 11) is 0. The summed E-state index contributed by atoms with van der Waals surface area (Å²) in [6.45, 7) is 9.02. The number of carbonyl (C=O) groups excluding carboxylic acids is 3. The molecular weight excluding hydrogens is 466 g/mol. The Morgan fingerprint density at radius 3 is 2.46 bits per heavy atom. The maximum atomic E-state index is 12.8. The van der Waals surface area contributed by atoms with Crippen LogP contribution in [-0.2, 0) is 16.1 Å². The molecule has 188 valence electrons. The molecule has 3 saturated heterocycles. The second-order valence-corrected chi connectivity index (χ2v) is 9.84. The SMILES string of the molecule is Cl.O=C1CCC(N2Cc3cc(C#CCN4CCN(CC5CCNCC5)CC4)ccc3C2=O)C(=O)N1. The third kappa shape index (κ3) is 6.04. The van der Waals surface area contributed by atoms with Crippen LogP contribution in [-0.4, -0.2) is 90.8 Å². The number of piperazine rings is 1. The fourth-order valence-electron chi connectivity index (χ4n) is 5.47. The summed E-state index contributed by atoms with van der Waals surface area (Å²) in [5, 5.41) is 5.79. The lowest BCUT2D eigenvalue weighted by Gasteiger charge is -2.36. The van der Waals surface area contributed by atoms with E-state index in [1.807, 2.05) is 18.2 Å². The lowest BCUT2D eigenvalue weighted by molar-refractivity contribution is -0.136. The van der Waals surface area contributed by atoms with Gasteiger partial charge >= 0.3 is 0 Å². The van der Waals surface area contributed by atoms with Gasteiger partial charge in [-0.1, -0.05) is 11.8 Å². The summed E-state index contributed by atoms with van der Waals surface area (Å²) in [4.78, 5) is 43.0. The first-order valence-electron chi connectivity index (χ1n) is 12.5. The Hall–Kier alpha value is -2.44. The molecule has 2 N–H and O–H groups in total. The summed E-state index contributed by atoms with van der Waals surface area (Å²) in [5.74, 6) is 6.60. The van der Waals surface area contributed by atoms with Crippen LogP contribution < -0.4 is 10.6 Å². The van der Waals surface area contributed by atoms with E-state index in [1.54, 1.807) is 4.90 Å². The molecule has 35 heavy (non-hydrogen) atoms. The van der Waals surface area contributed by atoms with Gasteiger partial charge in [-0.05, 0) is 62.0 Å². The van der Waals surface area contributed by atoms with Gasteiger partial charge in [0.1, 0.15) is 6.04 Å². The van der Waals surface area contributed by atoms with Crippen molar-refractivity contribution in [2.75, 3.05) is 52.4 Å². The van der Waals surface area contributed by atoms with Gasteiger partial charge in [0.15, 0.2) is 0 Å². The smallest absolute Gasteiger partial charge is 0.255 e. The van der Waals surface area contributed by atoms with E-state index in [9.17, 15) is 14.4 Å². The molecular formula is C26H34ClN5O3. The quantitative estimate of drug-likeness (QED) is 0.472. The molecule has 0 radical (unpaired) electrons. The van der Waals surface area contributed by atoms with E-state index in [2.05, 4.69) is 32.3 Å². The molecule has 4 aliphatic heterocycles. The number of halogens is 1. The monoisotopic (exact) mass is 499 g/mol. The largest absolute Gasteiger partial charge is 0.322 e. The number of imide groups is 1. The van der Waals surface area contributed by atoms with Gasteiger partial charge in [-0.2, -0.15) is 0 Å². The normalized spacial score (nSPS) is 23.8. The Kier molecular flexibility index (Phi) is 8.45. The van der Waals surface area contributed by atoms with Crippen LogP contribution >= 0.6 is 12.4 Å². The molecule has 8 nitrogen and oxygen atoms in total. The highest BCUT2D eigenvalue weighted by Gasteiger charge is 2.39. The molecule has 0 aliphatic carbocycles. The summed E-state index contributed by atoms with van der Waals surface area (Å²) < 4.78 is 0. The number of benzene rings is 1. The van der Waals surface area contributed by atoms with Gasteiger partial charge in [0.25, 0.3) is 5.91 Å². The first kappa shape index (κ1) is 25.6. The van der Waals surface area contributed by atoms with Gasteiger partial charge in [-0.15, -0.1) is 12.4 Å². The lowest BCUT2D eigenvalue weighted by atomic mass is 9.97. The van der Waals surface area contributed by atoms with Crippen LogP contribution in [0.4, 0.5) is 0 Å². The van der Waals surface area contributed by atoms with Crippen molar-refractivity contribution in [1.82, 2.24) is 25.3 Å². The van der Waals surface area contributed by atoms with Gasteiger partial charge in [0.2, 0.25) is 11.8 Å². The Morgan fingerprint density at radius 1 is 0.971 bits per heavy atom. The van der Waals surface area contributed by atoms with Crippen molar-refractivity contribution in [3.63, 3.8) is 0 Å². The second kappa shape index (κ2) is 11.5. The van der Waals surface area contributed by atoms with Gasteiger partial charge in [0.05, 0.1) is 6.54 Å². The fraction of sp³-hybridized carbons (Fsp3) is 0.577. The van der Waals surface area contributed by atoms with E-state index < -0.39 is 6.04 Å². The molecule has 3 amide bonds. The van der Waals surface area contributed by atoms with Crippen LogP contribution in [0.5, 0.6) is 0 Å². The van der Waals surface area contributed by atoms with E-state index >= 15 is 0 Å². The molecule has 5 rings (SSSR count). The predicted octanol–water partition coefficient (Wildman–Crippen LogP) is 0.838. The molecule has 1 aromatic rings. The minimum Gasteiger partial charge on any atom is -0.322 e. The minimum absolute atomic E-state index is 0. The number of rotatable bonds is 4. The van der Waals surface area contributed by atoms with E-state index in [0.717, 1.165) is 62.9 Å². The third-order valence-electron chi connectivity index (χ3n) is 7.50. The number of amides is 3. The van der Waals surface area contributed by atoms with Crippen LogP contribution in [0.15, 0.2) is 18.2 Å². The Balaban J connectivity index is 0.00000289. The number of nitrogens with zero attached hydrogens (tertiary/aromatic N) is 3. The van der Waals surface area contributed by atoms with Crippen LogP contribution in [0, 0.1) is 17.8 Å². The Labute approximate surface area is 213 Å². The highest BCUT2D eigenvalue weighted by Crippen LogP contribution is 2.28. The van der Waals surface area contributed by atoms with E-state index in [4.69, 9.17) is 0 Å². The Morgan fingerprint density at radius 2 is 1.71 bits per heavy atom. The summed E-state index contributed by atoms with van der Waals surface area (Å²) in [6, 6.07) is 5.07. The predicted molar refractivity (Wildman–Crippen MR) is 135 cm³/mol. The average Bonchev–Trinajstić information content (AvgIpc) is 3.16. The second-order valence-electron chi connectivity index (χ2n) is 9.84. The minimum atomic E-state index is -0.583. The molecule has 0 spiro atoms. The zero-order chi connectivity index (χ0) is 23.5. The van der Waals surface area contributed by atoms with Crippen molar-refractivity contribution >= 4 is 30.1 Å². The summed E-state index contributed by atoms with van der Waals surface area (Å²) in [5.41, 5.74) is 2.41. The van der Waals surface area contributed by atoms with Crippen molar-refractivity contribution < 1.29 is 14.4 Å². The van der Waals surface area contributed by atoms with E-state index in [0.29, 0.717) is 18.5 Å². The van der Waals surface area contributed by atoms with Gasteiger partial charge in [-0.25, -0.2) is 0 Å². The average molecular weight is 500 g/mol. The van der Waals surface area contributed by atoms with E-state index in [-0.39, 0.29) is 36.5 Å². The number of fused-ring (bicyclic) bond motifs is 1. The topological polar surface area (TPSA) is 85.0 Å². The van der Waals surface area contributed by atoms with Crippen LogP contribution in [0.2, 0.25) is 0 Å². The van der Waals surface area contributed by atoms with E-state index in [1.165, 1.54) is 19.4 Å². The standard InChI is InChI=1S/C26H33N5O3.ClH/c32-24-6-5-23(25(33)28-24)31-18-21-16-19(3-4-22(21)26(31)34)2-1-11-29-12-14-30(15-13-29)17-20-7-9-27-10-8-20;/h3-4,16,20,23,27H,5-15,17-18H2,(H,28,32,33);1H. The van der Waals surface area contributed by atoms with Crippen molar-refractivity contribution in [2.45, 2.75) is 38.3 Å². The molecule has 4 aliphatic rings. The molecule has 0 saturated carbocycles. The number of nitrogens with one attached hydrogen (secondary N) is 2. The number of hydrogen-bond acceptors (Lipinski definition) is 6. The van der Waals surface area contributed by atoms with Crippen molar-refractivity contribution in [3.05, 3.63) is 34.9 Å². The van der Waals surface area contributed by atoms with Crippen molar-refractivity contribution in [3.8, 4) is 11.8 Å². The molecule has 4 heterocycles. The zero-order valence-corrected chi connectivity index (χ0v) is 20.9. The molecule has 1 aromatic carbocycles. The maximum absolute atomic E-state index is 12.8. The molecule has 1 atom stereocenters. The summed E-state index contributed by atoms with van der Waals surface area (Å²) in [6.07, 6.45) is 3.23. The van der Waals surface area contributed by atoms with Gasteiger partial charge in [0, 0.05) is 56.8 Å².